The van der Waals surface area contributed by atoms with Crippen LogP contribution in [0.25, 0.3) is 0 Å². The van der Waals surface area contributed by atoms with Gasteiger partial charge in [-0.15, -0.1) is 0 Å². The zero-order chi connectivity index (χ0) is 16.8. The molecular formula is C19H32N2O2. The van der Waals surface area contributed by atoms with E-state index in [2.05, 4.69) is 37.1 Å². The molecule has 130 valence electrons. The van der Waals surface area contributed by atoms with E-state index >= 15 is 0 Å². The van der Waals surface area contributed by atoms with Crippen molar-refractivity contribution in [1.29, 1.82) is 0 Å². The average molecular weight is 320 g/mol. The van der Waals surface area contributed by atoms with E-state index in [0.29, 0.717) is 30.1 Å². The Kier molecular flexibility index (Phi) is 6.72. The Bertz CT molecular complexity index is 502. The molecule has 1 heterocycles. The summed E-state index contributed by atoms with van der Waals surface area (Å²) in [4.78, 5) is 2.56. The van der Waals surface area contributed by atoms with Crippen LogP contribution in [0.1, 0.15) is 51.2 Å². The van der Waals surface area contributed by atoms with E-state index in [0.717, 1.165) is 44.6 Å². The van der Waals surface area contributed by atoms with Crippen molar-refractivity contribution in [3.05, 3.63) is 23.3 Å². The van der Waals surface area contributed by atoms with Gasteiger partial charge in [0.1, 0.15) is 0 Å². The molecule has 1 aliphatic heterocycles. The number of piperazine rings is 1. The second kappa shape index (κ2) is 8.55. The number of hydrogen-bond acceptors (Lipinski definition) is 4. The van der Waals surface area contributed by atoms with Crippen molar-refractivity contribution in [3.8, 4) is 11.5 Å². The zero-order valence-corrected chi connectivity index (χ0v) is 15.1. The molecule has 0 amide bonds. The Morgan fingerprint density at radius 1 is 1.39 bits per heavy atom. The minimum absolute atomic E-state index is 0.294. The molecule has 2 rings (SSSR count). The number of rotatable bonds is 7. The number of phenols is 1. The van der Waals surface area contributed by atoms with Crippen molar-refractivity contribution in [2.75, 3.05) is 32.8 Å². The van der Waals surface area contributed by atoms with Gasteiger partial charge in [0, 0.05) is 31.2 Å². The lowest BCUT2D eigenvalue weighted by Crippen LogP contribution is -2.49. The van der Waals surface area contributed by atoms with E-state index in [1.54, 1.807) is 0 Å². The van der Waals surface area contributed by atoms with Crippen LogP contribution >= 0.6 is 0 Å². The highest BCUT2D eigenvalue weighted by molar-refractivity contribution is 5.49. The number of nitrogens with zero attached hydrogens (tertiary/aromatic N) is 1. The lowest BCUT2D eigenvalue weighted by atomic mass is 9.97. The maximum Gasteiger partial charge on any atom is 0.161 e. The second-order valence-electron chi connectivity index (χ2n) is 6.81. The van der Waals surface area contributed by atoms with Gasteiger partial charge < -0.3 is 15.2 Å². The van der Waals surface area contributed by atoms with E-state index in [-0.39, 0.29) is 0 Å². The minimum atomic E-state index is 0.294. The van der Waals surface area contributed by atoms with Gasteiger partial charge in [-0.1, -0.05) is 19.9 Å². The molecule has 1 aliphatic rings. The third-order valence-corrected chi connectivity index (χ3v) is 4.64. The Labute approximate surface area is 140 Å². The van der Waals surface area contributed by atoms with E-state index in [1.165, 1.54) is 5.56 Å². The third kappa shape index (κ3) is 4.85. The fourth-order valence-corrected chi connectivity index (χ4v) is 3.24. The van der Waals surface area contributed by atoms with Gasteiger partial charge in [-0.05, 0) is 50.8 Å². The average Bonchev–Trinajstić information content (AvgIpc) is 2.52. The summed E-state index contributed by atoms with van der Waals surface area (Å²) in [6, 6.07) is 4.77. The maximum absolute atomic E-state index is 10.3. The van der Waals surface area contributed by atoms with Gasteiger partial charge in [-0.25, -0.2) is 0 Å². The van der Waals surface area contributed by atoms with Crippen molar-refractivity contribution >= 4 is 0 Å². The Morgan fingerprint density at radius 3 is 2.83 bits per heavy atom. The van der Waals surface area contributed by atoms with Crippen LogP contribution in [0.15, 0.2) is 12.1 Å². The highest BCUT2D eigenvalue weighted by Gasteiger charge is 2.18. The van der Waals surface area contributed by atoms with Gasteiger partial charge in [0.15, 0.2) is 11.5 Å². The molecule has 0 aromatic heterocycles. The zero-order valence-electron chi connectivity index (χ0n) is 15.1. The Balaban J connectivity index is 2.01. The molecule has 4 nitrogen and oxygen atoms in total. The summed E-state index contributed by atoms with van der Waals surface area (Å²) in [6.07, 6.45) is 2.16. The molecule has 0 aliphatic carbocycles. The fraction of sp³-hybridized carbons (Fsp3) is 0.684. The molecule has 23 heavy (non-hydrogen) atoms. The molecular weight excluding hydrogens is 288 g/mol. The molecule has 1 aromatic carbocycles. The standard InChI is InChI=1S/C19H32N2O2/c1-5-23-18-12-16(11-17(14(2)3)19(18)22)7-6-9-21-10-8-20-13-15(21)4/h11-12,14-15,20,22H,5-10,13H2,1-4H3. The summed E-state index contributed by atoms with van der Waals surface area (Å²) < 4.78 is 5.61. The molecule has 1 unspecified atom stereocenters. The quantitative estimate of drug-likeness (QED) is 0.810. The van der Waals surface area contributed by atoms with Crippen LogP contribution in [-0.4, -0.2) is 48.8 Å². The first-order valence-corrected chi connectivity index (χ1v) is 8.96. The van der Waals surface area contributed by atoms with Crippen LogP contribution in [0.5, 0.6) is 11.5 Å². The van der Waals surface area contributed by atoms with Gasteiger partial charge in [-0.3, -0.25) is 4.90 Å². The molecule has 0 bridgehead atoms. The number of aryl methyl sites for hydroxylation is 1. The summed E-state index contributed by atoms with van der Waals surface area (Å²) in [7, 11) is 0. The normalized spacial score (nSPS) is 19.3. The van der Waals surface area contributed by atoms with Crippen LogP contribution in [0.4, 0.5) is 0 Å². The summed E-state index contributed by atoms with van der Waals surface area (Å²) in [5, 5.41) is 13.8. The van der Waals surface area contributed by atoms with E-state index in [4.69, 9.17) is 4.74 Å². The Hall–Kier alpha value is -1.26. The van der Waals surface area contributed by atoms with E-state index in [1.807, 2.05) is 13.0 Å². The van der Waals surface area contributed by atoms with Crippen LogP contribution in [0, 0.1) is 0 Å². The predicted octanol–water partition coefficient (Wildman–Crippen LogP) is 3.14. The first kappa shape index (κ1) is 18.1. The molecule has 0 radical (unpaired) electrons. The molecule has 0 saturated carbocycles. The van der Waals surface area contributed by atoms with Crippen LogP contribution in [0.2, 0.25) is 0 Å². The lowest BCUT2D eigenvalue weighted by molar-refractivity contribution is 0.172. The monoisotopic (exact) mass is 320 g/mol. The number of hydrogen-bond donors (Lipinski definition) is 2. The smallest absolute Gasteiger partial charge is 0.161 e. The highest BCUT2D eigenvalue weighted by Crippen LogP contribution is 2.36. The molecule has 0 spiro atoms. The van der Waals surface area contributed by atoms with Crippen molar-refractivity contribution in [2.24, 2.45) is 0 Å². The minimum Gasteiger partial charge on any atom is -0.504 e. The second-order valence-corrected chi connectivity index (χ2v) is 6.81. The van der Waals surface area contributed by atoms with Crippen molar-refractivity contribution in [1.82, 2.24) is 10.2 Å². The molecule has 4 heteroatoms. The molecule has 1 atom stereocenters. The van der Waals surface area contributed by atoms with E-state index in [9.17, 15) is 5.11 Å². The number of aromatic hydroxyl groups is 1. The SMILES string of the molecule is CCOc1cc(CCCN2CCNCC2C)cc(C(C)C)c1O. The summed E-state index contributed by atoms with van der Waals surface area (Å²) in [5.74, 6) is 1.23. The first-order chi connectivity index (χ1) is 11.0. The van der Waals surface area contributed by atoms with Crippen molar-refractivity contribution < 1.29 is 9.84 Å². The first-order valence-electron chi connectivity index (χ1n) is 8.96. The highest BCUT2D eigenvalue weighted by atomic mass is 16.5. The van der Waals surface area contributed by atoms with Gasteiger partial charge in [0.25, 0.3) is 0 Å². The molecule has 2 N–H and O–H groups in total. The van der Waals surface area contributed by atoms with Crippen LogP contribution in [0.3, 0.4) is 0 Å². The summed E-state index contributed by atoms with van der Waals surface area (Å²) in [5.41, 5.74) is 2.25. The predicted molar refractivity (Wildman–Crippen MR) is 95.6 cm³/mol. The molecule has 1 aromatic rings. The molecule has 1 saturated heterocycles. The van der Waals surface area contributed by atoms with Crippen molar-refractivity contribution in [3.63, 3.8) is 0 Å². The van der Waals surface area contributed by atoms with Crippen molar-refractivity contribution in [2.45, 2.75) is 52.5 Å². The third-order valence-electron chi connectivity index (χ3n) is 4.64. The summed E-state index contributed by atoms with van der Waals surface area (Å²) >= 11 is 0. The van der Waals surface area contributed by atoms with Gasteiger partial charge >= 0.3 is 0 Å². The maximum atomic E-state index is 10.3. The number of benzene rings is 1. The lowest BCUT2D eigenvalue weighted by Gasteiger charge is -2.33. The summed E-state index contributed by atoms with van der Waals surface area (Å²) in [6.45, 7) is 13.5. The van der Waals surface area contributed by atoms with Gasteiger partial charge in [0.2, 0.25) is 0 Å². The van der Waals surface area contributed by atoms with Gasteiger partial charge in [-0.2, -0.15) is 0 Å². The largest absolute Gasteiger partial charge is 0.504 e. The fourth-order valence-electron chi connectivity index (χ4n) is 3.24. The Morgan fingerprint density at radius 2 is 2.17 bits per heavy atom. The number of nitrogens with one attached hydrogen (secondary N) is 1. The number of ether oxygens (including phenoxy) is 1. The topological polar surface area (TPSA) is 44.7 Å². The number of phenolic OH excluding ortho intramolecular Hbond substituents is 1. The van der Waals surface area contributed by atoms with Crippen LogP contribution < -0.4 is 10.1 Å². The molecule has 1 fully saturated rings. The van der Waals surface area contributed by atoms with Gasteiger partial charge in [0.05, 0.1) is 6.61 Å². The van der Waals surface area contributed by atoms with E-state index < -0.39 is 0 Å². The van der Waals surface area contributed by atoms with Crippen LogP contribution in [-0.2, 0) is 6.42 Å².